The van der Waals surface area contributed by atoms with E-state index in [1.165, 1.54) is 5.56 Å². The molecule has 0 atom stereocenters. The zero-order valence-corrected chi connectivity index (χ0v) is 17.0. The van der Waals surface area contributed by atoms with Gasteiger partial charge in [-0.3, -0.25) is 9.79 Å². The predicted molar refractivity (Wildman–Crippen MR) is 107 cm³/mol. The van der Waals surface area contributed by atoms with Crippen molar-refractivity contribution in [3.8, 4) is 11.5 Å². The minimum absolute atomic E-state index is 0.0592. The number of aryl methyl sites for hydroxylation is 1. The SMILES string of the molecule is CN=C(NCc1coc(-c2ccc(C)cc2)n1)N(C)CC(=O)NC(C)(C)C. The molecule has 0 radical (unpaired) electrons. The van der Waals surface area contributed by atoms with Gasteiger partial charge in [0.2, 0.25) is 11.8 Å². The van der Waals surface area contributed by atoms with Crippen molar-refractivity contribution in [2.75, 3.05) is 20.6 Å². The molecule has 146 valence electrons. The summed E-state index contributed by atoms with van der Waals surface area (Å²) in [6.45, 7) is 8.56. The van der Waals surface area contributed by atoms with Crippen LogP contribution in [0, 0.1) is 6.92 Å². The summed E-state index contributed by atoms with van der Waals surface area (Å²) in [6.07, 6.45) is 1.63. The minimum Gasteiger partial charge on any atom is -0.444 e. The Hall–Kier alpha value is -2.83. The quantitative estimate of drug-likeness (QED) is 0.623. The molecule has 0 fully saturated rings. The number of aromatic nitrogens is 1. The maximum atomic E-state index is 12.1. The van der Waals surface area contributed by atoms with Gasteiger partial charge in [0.05, 0.1) is 18.8 Å². The molecule has 2 N–H and O–H groups in total. The van der Waals surface area contributed by atoms with Crippen molar-refractivity contribution in [3.63, 3.8) is 0 Å². The second-order valence-corrected chi connectivity index (χ2v) is 7.57. The first-order chi connectivity index (χ1) is 12.7. The van der Waals surface area contributed by atoms with Crippen molar-refractivity contribution >= 4 is 11.9 Å². The van der Waals surface area contributed by atoms with Crippen LogP contribution in [0.2, 0.25) is 0 Å². The number of nitrogens with one attached hydrogen (secondary N) is 2. The van der Waals surface area contributed by atoms with Gasteiger partial charge in [0.15, 0.2) is 5.96 Å². The molecule has 0 saturated carbocycles. The first kappa shape index (κ1) is 20.5. The van der Waals surface area contributed by atoms with Crippen LogP contribution in [0.1, 0.15) is 32.0 Å². The van der Waals surface area contributed by atoms with Gasteiger partial charge in [-0.15, -0.1) is 0 Å². The van der Waals surface area contributed by atoms with Gasteiger partial charge in [0.25, 0.3) is 0 Å². The molecule has 2 rings (SSSR count). The maximum Gasteiger partial charge on any atom is 0.240 e. The lowest BCUT2D eigenvalue weighted by molar-refractivity contribution is -0.122. The lowest BCUT2D eigenvalue weighted by Gasteiger charge is -2.25. The lowest BCUT2D eigenvalue weighted by Crippen LogP contribution is -2.48. The summed E-state index contributed by atoms with van der Waals surface area (Å²) in [5, 5.41) is 6.14. The Morgan fingerprint density at radius 1 is 1.26 bits per heavy atom. The summed E-state index contributed by atoms with van der Waals surface area (Å²) in [7, 11) is 3.50. The maximum absolute atomic E-state index is 12.1. The standard InChI is InChI=1S/C20H29N5O2/c1-14-7-9-15(10-8-14)18-23-16(13-27-18)11-22-19(21-5)25(6)12-17(26)24-20(2,3)4/h7-10,13H,11-12H2,1-6H3,(H,21,22)(H,24,26). The van der Waals surface area contributed by atoms with Crippen LogP contribution in [0.5, 0.6) is 0 Å². The van der Waals surface area contributed by atoms with E-state index in [1.807, 2.05) is 59.0 Å². The van der Waals surface area contributed by atoms with E-state index >= 15 is 0 Å². The molecule has 2 aromatic rings. The topological polar surface area (TPSA) is 82.8 Å². The zero-order chi connectivity index (χ0) is 20.0. The normalized spacial score (nSPS) is 12.0. The smallest absolute Gasteiger partial charge is 0.240 e. The summed E-state index contributed by atoms with van der Waals surface area (Å²) in [5.41, 5.74) is 2.63. The zero-order valence-electron chi connectivity index (χ0n) is 17.0. The molecule has 0 aliphatic carbocycles. The lowest BCUT2D eigenvalue weighted by atomic mass is 10.1. The Bertz CT molecular complexity index is 787. The van der Waals surface area contributed by atoms with E-state index in [4.69, 9.17) is 4.42 Å². The summed E-state index contributed by atoms with van der Waals surface area (Å²) >= 11 is 0. The van der Waals surface area contributed by atoms with Crippen LogP contribution < -0.4 is 10.6 Å². The molecular formula is C20H29N5O2. The Balaban J connectivity index is 1.92. The molecule has 1 amide bonds. The number of amides is 1. The van der Waals surface area contributed by atoms with E-state index in [-0.39, 0.29) is 18.0 Å². The van der Waals surface area contributed by atoms with Crippen LogP contribution in [0.3, 0.4) is 0 Å². The second kappa shape index (κ2) is 8.70. The van der Waals surface area contributed by atoms with Crippen molar-refractivity contribution in [2.45, 2.75) is 39.8 Å². The molecular weight excluding hydrogens is 342 g/mol. The predicted octanol–water partition coefficient (Wildman–Crippen LogP) is 2.57. The molecule has 0 unspecified atom stereocenters. The number of aliphatic imine (C=N–C) groups is 1. The molecule has 27 heavy (non-hydrogen) atoms. The van der Waals surface area contributed by atoms with Crippen molar-refractivity contribution in [3.05, 3.63) is 41.8 Å². The van der Waals surface area contributed by atoms with Gasteiger partial charge in [0.1, 0.15) is 6.26 Å². The van der Waals surface area contributed by atoms with Gasteiger partial charge in [-0.2, -0.15) is 0 Å². The average Bonchev–Trinajstić information content (AvgIpc) is 3.03. The number of likely N-dealkylation sites (N-methyl/N-ethyl adjacent to an activating group) is 1. The van der Waals surface area contributed by atoms with Crippen LogP contribution in [0.15, 0.2) is 39.9 Å². The Morgan fingerprint density at radius 3 is 2.52 bits per heavy atom. The van der Waals surface area contributed by atoms with Crippen molar-refractivity contribution in [1.82, 2.24) is 20.5 Å². The molecule has 1 aromatic carbocycles. The first-order valence-electron chi connectivity index (χ1n) is 8.92. The highest BCUT2D eigenvalue weighted by Crippen LogP contribution is 2.19. The highest BCUT2D eigenvalue weighted by Gasteiger charge is 2.17. The Labute approximate surface area is 160 Å². The van der Waals surface area contributed by atoms with E-state index in [2.05, 4.69) is 20.6 Å². The highest BCUT2D eigenvalue weighted by atomic mass is 16.3. The van der Waals surface area contributed by atoms with Gasteiger partial charge >= 0.3 is 0 Å². The fraction of sp³-hybridized carbons (Fsp3) is 0.450. The monoisotopic (exact) mass is 371 g/mol. The van der Waals surface area contributed by atoms with Gasteiger partial charge in [-0.25, -0.2) is 4.98 Å². The van der Waals surface area contributed by atoms with Crippen LogP contribution in [0.4, 0.5) is 0 Å². The largest absolute Gasteiger partial charge is 0.444 e. The van der Waals surface area contributed by atoms with E-state index in [0.717, 1.165) is 11.3 Å². The second-order valence-electron chi connectivity index (χ2n) is 7.57. The van der Waals surface area contributed by atoms with Crippen molar-refractivity contribution in [2.24, 2.45) is 4.99 Å². The van der Waals surface area contributed by atoms with E-state index in [1.54, 1.807) is 18.2 Å². The number of carbonyl (C=O) groups excluding carboxylic acids is 1. The van der Waals surface area contributed by atoms with Crippen molar-refractivity contribution < 1.29 is 9.21 Å². The van der Waals surface area contributed by atoms with Crippen LogP contribution in [-0.4, -0.2) is 47.9 Å². The van der Waals surface area contributed by atoms with Crippen LogP contribution in [0.25, 0.3) is 11.5 Å². The number of oxazole rings is 1. The first-order valence-corrected chi connectivity index (χ1v) is 8.92. The van der Waals surface area contributed by atoms with E-state index < -0.39 is 0 Å². The molecule has 7 nitrogen and oxygen atoms in total. The molecule has 1 aromatic heterocycles. The molecule has 1 heterocycles. The van der Waals surface area contributed by atoms with Gasteiger partial charge in [-0.05, 0) is 39.8 Å². The number of hydrogen-bond donors (Lipinski definition) is 2. The number of nitrogens with zero attached hydrogens (tertiary/aromatic N) is 3. The average molecular weight is 371 g/mol. The molecule has 0 bridgehead atoms. The fourth-order valence-electron chi connectivity index (χ4n) is 2.52. The Kier molecular flexibility index (Phi) is 6.60. The third-order valence-electron chi connectivity index (χ3n) is 3.75. The van der Waals surface area contributed by atoms with Gasteiger partial charge in [0, 0.05) is 25.2 Å². The van der Waals surface area contributed by atoms with Gasteiger partial charge < -0.3 is 20.0 Å². The number of benzene rings is 1. The molecule has 7 heteroatoms. The van der Waals surface area contributed by atoms with E-state index in [0.29, 0.717) is 18.4 Å². The molecule has 0 saturated heterocycles. The minimum atomic E-state index is -0.262. The number of rotatable bonds is 5. The summed E-state index contributed by atoms with van der Waals surface area (Å²) in [4.78, 5) is 22.6. The third kappa shape index (κ3) is 6.44. The van der Waals surface area contributed by atoms with E-state index in [9.17, 15) is 4.79 Å². The summed E-state index contributed by atoms with van der Waals surface area (Å²) in [5.74, 6) is 1.13. The molecule has 0 aliphatic heterocycles. The van der Waals surface area contributed by atoms with Crippen molar-refractivity contribution in [1.29, 1.82) is 0 Å². The van der Waals surface area contributed by atoms with Gasteiger partial charge in [-0.1, -0.05) is 17.7 Å². The molecule has 0 spiro atoms. The summed E-state index contributed by atoms with van der Waals surface area (Å²) < 4.78 is 5.57. The van der Waals surface area contributed by atoms with Crippen LogP contribution in [-0.2, 0) is 11.3 Å². The summed E-state index contributed by atoms with van der Waals surface area (Å²) in [6, 6.07) is 8.02. The number of carbonyl (C=O) groups is 1. The van der Waals surface area contributed by atoms with Crippen LogP contribution >= 0.6 is 0 Å². The fourth-order valence-corrected chi connectivity index (χ4v) is 2.52. The number of hydrogen-bond acceptors (Lipinski definition) is 4. The highest BCUT2D eigenvalue weighted by molar-refractivity contribution is 5.86. The number of guanidine groups is 1. The third-order valence-corrected chi connectivity index (χ3v) is 3.75. The molecule has 0 aliphatic rings. The Morgan fingerprint density at radius 2 is 1.93 bits per heavy atom.